The van der Waals surface area contributed by atoms with E-state index in [1.165, 1.54) is 6.92 Å². The Labute approximate surface area is 99.9 Å². The summed E-state index contributed by atoms with van der Waals surface area (Å²) in [4.78, 5) is 24.4. The number of hydrogen-bond donors (Lipinski definition) is 1. The van der Waals surface area contributed by atoms with Gasteiger partial charge in [0.1, 0.15) is 0 Å². The Kier molecular flexibility index (Phi) is 2.88. The normalized spacial score (nSPS) is 14.4. The van der Waals surface area contributed by atoms with Gasteiger partial charge in [-0.15, -0.1) is 0 Å². The fourth-order valence-electron chi connectivity index (χ4n) is 2.42. The number of carbonyl (C=O) groups is 2. The lowest BCUT2D eigenvalue weighted by Gasteiger charge is -2.30. The molecule has 1 aliphatic rings. The molecule has 0 saturated heterocycles. The Balaban J connectivity index is 2.62. The van der Waals surface area contributed by atoms with Gasteiger partial charge in [0.05, 0.1) is 5.56 Å². The molecule has 0 aromatic heterocycles. The van der Waals surface area contributed by atoms with Crippen LogP contribution < -0.4 is 4.90 Å². The van der Waals surface area contributed by atoms with Gasteiger partial charge in [0.2, 0.25) is 5.91 Å². The molecule has 1 aromatic rings. The molecule has 0 radical (unpaired) electrons. The van der Waals surface area contributed by atoms with E-state index >= 15 is 0 Å². The van der Waals surface area contributed by atoms with Crippen LogP contribution in [-0.4, -0.2) is 23.5 Å². The third-order valence-electron chi connectivity index (χ3n) is 3.19. The van der Waals surface area contributed by atoms with Crippen molar-refractivity contribution in [3.05, 3.63) is 28.8 Å². The SMILES string of the molecule is CC(=O)N1CCCc2c1ccc(C)c2C(=O)O. The first-order valence-corrected chi connectivity index (χ1v) is 5.66. The summed E-state index contributed by atoms with van der Waals surface area (Å²) in [6, 6.07) is 3.61. The molecule has 0 fully saturated rings. The summed E-state index contributed by atoms with van der Waals surface area (Å²) in [5.74, 6) is -0.948. The lowest BCUT2D eigenvalue weighted by molar-refractivity contribution is -0.116. The summed E-state index contributed by atoms with van der Waals surface area (Å²) < 4.78 is 0. The van der Waals surface area contributed by atoms with E-state index in [9.17, 15) is 14.7 Å². The third kappa shape index (κ3) is 1.90. The van der Waals surface area contributed by atoms with Crippen molar-refractivity contribution in [2.75, 3.05) is 11.4 Å². The van der Waals surface area contributed by atoms with Crippen molar-refractivity contribution in [1.82, 2.24) is 0 Å². The molecule has 4 heteroatoms. The fraction of sp³-hybridized carbons (Fsp3) is 0.385. The van der Waals surface area contributed by atoms with Gasteiger partial charge in [0.15, 0.2) is 0 Å². The maximum absolute atomic E-state index is 11.5. The van der Waals surface area contributed by atoms with E-state index in [0.717, 1.165) is 29.7 Å². The van der Waals surface area contributed by atoms with Gasteiger partial charge in [-0.05, 0) is 37.0 Å². The Morgan fingerprint density at radius 3 is 2.65 bits per heavy atom. The minimum atomic E-state index is -0.912. The highest BCUT2D eigenvalue weighted by molar-refractivity contribution is 5.98. The summed E-state index contributed by atoms with van der Waals surface area (Å²) in [5, 5.41) is 9.24. The van der Waals surface area contributed by atoms with Crippen molar-refractivity contribution < 1.29 is 14.7 Å². The average molecular weight is 233 g/mol. The van der Waals surface area contributed by atoms with Crippen LogP contribution in [0.1, 0.15) is 34.8 Å². The third-order valence-corrected chi connectivity index (χ3v) is 3.19. The van der Waals surface area contributed by atoms with E-state index in [4.69, 9.17) is 0 Å². The smallest absolute Gasteiger partial charge is 0.336 e. The van der Waals surface area contributed by atoms with Crippen molar-refractivity contribution in [2.45, 2.75) is 26.7 Å². The predicted molar refractivity (Wildman–Crippen MR) is 64.5 cm³/mol. The lowest BCUT2D eigenvalue weighted by atomic mass is 9.93. The van der Waals surface area contributed by atoms with Crippen LogP contribution in [0.25, 0.3) is 0 Å². The quantitative estimate of drug-likeness (QED) is 0.807. The number of nitrogens with zero attached hydrogens (tertiary/aromatic N) is 1. The second-order valence-electron chi connectivity index (χ2n) is 4.33. The largest absolute Gasteiger partial charge is 0.478 e. The zero-order valence-corrected chi connectivity index (χ0v) is 9.99. The van der Waals surface area contributed by atoms with E-state index in [1.54, 1.807) is 17.9 Å². The number of amides is 1. The first-order chi connectivity index (χ1) is 8.02. The van der Waals surface area contributed by atoms with Crippen LogP contribution in [-0.2, 0) is 11.2 Å². The predicted octanol–water partition coefficient (Wildman–Crippen LogP) is 1.99. The summed E-state index contributed by atoms with van der Waals surface area (Å²) >= 11 is 0. The Morgan fingerprint density at radius 1 is 1.35 bits per heavy atom. The van der Waals surface area contributed by atoms with E-state index in [0.29, 0.717) is 12.1 Å². The first kappa shape index (κ1) is 11.6. The number of fused-ring (bicyclic) bond motifs is 1. The molecule has 4 nitrogen and oxygen atoms in total. The van der Waals surface area contributed by atoms with Crippen LogP contribution in [0.2, 0.25) is 0 Å². The molecule has 2 rings (SSSR count). The molecule has 0 atom stereocenters. The van der Waals surface area contributed by atoms with Gasteiger partial charge in [0.25, 0.3) is 0 Å². The number of rotatable bonds is 1. The number of carboxylic acids is 1. The number of hydrogen-bond acceptors (Lipinski definition) is 2. The van der Waals surface area contributed by atoms with E-state index in [-0.39, 0.29) is 5.91 Å². The second kappa shape index (κ2) is 4.20. The van der Waals surface area contributed by atoms with Gasteiger partial charge in [-0.25, -0.2) is 4.79 Å². The Bertz CT molecular complexity index is 494. The van der Waals surface area contributed by atoms with Crippen LogP contribution in [0, 0.1) is 6.92 Å². The van der Waals surface area contributed by atoms with Crippen LogP contribution in [0.15, 0.2) is 12.1 Å². The van der Waals surface area contributed by atoms with E-state index in [2.05, 4.69) is 0 Å². The van der Waals surface area contributed by atoms with Crippen LogP contribution in [0.3, 0.4) is 0 Å². The minimum Gasteiger partial charge on any atom is -0.478 e. The number of aryl methyl sites for hydroxylation is 1. The monoisotopic (exact) mass is 233 g/mol. The molecule has 1 aromatic carbocycles. The van der Waals surface area contributed by atoms with Crippen molar-refractivity contribution in [3.8, 4) is 0 Å². The summed E-state index contributed by atoms with van der Waals surface area (Å²) in [5.41, 5.74) is 2.65. The molecule has 0 aliphatic carbocycles. The van der Waals surface area contributed by atoms with Crippen LogP contribution in [0.4, 0.5) is 5.69 Å². The molecule has 0 saturated carbocycles. The number of aromatic carboxylic acids is 1. The van der Waals surface area contributed by atoms with Gasteiger partial charge < -0.3 is 10.0 Å². The number of benzene rings is 1. The highest BCUT2D eigenvalue weighted by Crippen LogP contribution is 2.31. The maximum Gasteiger partial charge on any atom is 0.336 e. The van der Waals surface area contributed by atoms with Gasteiger partial charge in [0, 0.05) is 19.2 Å². The minimum absolute atomic E-state index is 0.0360. The van der Waals surface area contributed by atoms with Gasteiger partial charge in [-0.3, -0.25) is 4.79 Å². The molecule has 0 spiro atoms. The summed E-state index contributed by atoms with van der Waals surface area (Å²) in [7, 11) is 0. The Hall–Kier alpha value is -1.84. The number of carbonyl (C=O) groups excluding carboxylic acids is 1. The zero-order valence-electron chi connectivity index (χ0n) is 9.99. The molecule has 1 heterocycles. The van der Waals surface area contributed by atoms with E-state index in [1.807, 2.05) is 6.07 Å². The second-order valence-corrected chi connectivity index (χ2v) is 4.33. The lowest BCUT2D eigenvalue weighted by Crippen LogP contribution is -2.34. The highest BCUT2D eigenvalue weighted by Gasteiger charge is 2.25. The van der Waals surface area contributed by atoms with Gasteiger partial charge >= 0.3 is 5.97 Å². The molecule has 1 aliphatic heterocycles. The number of anilines is 1. The molecule has 1 N–H and O–H groups in total. The molecular weight excluding hydrogens is 218 g/mol. The zero-order chi connectivity index (χ0) is 12.6. The highest BCUT2D eigenvalue weighted by atomic mass is 16.4. The van der Waals surface area contributed by atoms with Gasteiger partial charge in [-0.2, -0.15) is 0 Å². The molecule has 1 amide bonds. The Morgan fingerprint density at radius 2 is 2.06 bits per heavy atom. The number of carboxylic acid groups (broad SMARTS) is 1. The van der Waals surface area contributed by atoms with Crippen molar-refractivity contribution >= 4 is 17.6 Å². The molecular formula is C13H15NO3. The first-order valence-electron chi connectivity index (χ1n) is 5.66. The fourth-order valence-corrected chi connectivity index (χ4v) is 2.42. The standard InChI is InChI=1S/C13H15NO3/c1-8-5-6-11-10(12(8)13(16)17)4-3-7-14(11)9(2)15/h5-6H,3-4,7H2,1-2H3,(H,16,17). The maximum atomic E-state index is 11.5. The molecule has 90 valence electrons. The molecule has 17 heavy (non-hydrogen) atoms. The molecule has 0 bridgehead atoms. The van der Waals surface area contributed by atoms with Crippen molar-refractivity contribution in [3.63, 3.8) is 0 Å². The average Bonchev–Trinajstić information content (AvgIpc) is 2.26. The topological polar surface area (TPSA) is 57.6 Å². The molecule has 0 unspecified atom stereocenters. The van der Waals surface area contributed by atoms with E-state index < -0.39 is 5.97 Å². The van der Waals surface area contributed by atoms with Crippen LogP contribution >= 0.6 is 0 Å². The van der Waals surface area contributed by atoms with Gasteiger partial charge in [-0.1, -0.05) is 6.07 Å². The summed E-state index contributed by atoms with van der Waals surface area (Å²) in [6.07, 6.45) is 1.54. The summed E-state index contributed by atoms with van der Waals surface area (Å²) in [6.45, 7) is 3.97. The van der Waals surface area contributed by atoms with Crippen molar-refractivity contribution in [1.29, 1.82) is 0 Å². The van der Waals surface area contributed by atoms with Crippen LogP contribution in [0.5, 0.6) is 0 Å². The van der Waals surface area contributed by atoms with Crippen molar-refractivity contribution in [2.24, 2.45) is 0 Å².